The molecule has 0 aliphatic carbocycles. The first-order valence-electron chi connectivity index (χ1n) is 8.37. The maximum absolute atomic E-state index is 13.8. The Balaban J connectivity index is 1.49. The maximum Gasteiger partial charge on any atom is 0.146 e. The molecule has 0 bridgehead atoms. The quantitative estimate of drug-likeness (QED) is 0.783. The second-order valence-corrected chi connectivity index (χ2v) is 6.24. The molecule has 4 rings (SSSR count). The lowest BCUT2D eigenvalue weighted by atomic mass is 10.0. The van der Waals surface area contributed by atoms with E-state index in [0.29, 0.717) is 5.69 Å². The van der Waals surface area contributed by atoms with Gasteiger partial charge in [-0.2, -0.15) is 0 Å². The van der Waals surface area contributed by atoms with Crippen molar-refractivity contribution in [2.24, 2.45) is 0 Å². The number of benzene rings is 2. The first kappa shape index (κ1) is 15.7. The van der Waals surface area contributed by atoms with Crippen LogP contribution < -0.4 is 10.2 Å². The monoisotopic (exact) mass is 340 g/mol. The van der Waals surface area contributed by atoms with Crippen molar-refractivity contribution in [3.05, 3.63) is 60.4 Å². The summed E-state index contributed by atoms with van der Waals surface area (Å²) in [6.45, 7) is 1.55. The van der Waals surface area contributed by atoms with E-state index in [-0.39, 0.29) is 17.7 Å². The van der Waals surface area contributed by atoms with Gasteiger partial charge in [0.2, 0.25) is 0 Å². The number of piperidine rings is 1. The Kier molecular flexibility index (Phi) is 4.17. The van der Waals surface area contributed by atoms with Crippen LogP contribution in [0, 0.1) is 11.6 Å². The van der Waals surface area contributed by atoms with Crippen molar-refractivity contribution >= 4 is 22.4 Å². The molecule has 25 heavy (non-hydrogen) atoms. The van der Waals surface area contributed by atoms with Gasteiger partial charge in [0.05, 0.1) is 11.2 Å². The maximum atomic E-state index is 13.8. The molecule has 1 aliphatic rings. The van der Waals surface area contributed by atoms with Gasteiger partial charge in [0.25, 0.3) is 0 Å². The molecule has 1 aromatic heterocycles. The lowest BCUT2D eigenvalue weighted by molar-refractivity contribution is 0.520. The summed E-state index contributed by atoms with van der Waals surface area (Å²) in [4.78, 5) is 10.7. The van der Waals surface area contributed by atoms with Gasteiger partial charge < -0.3 is 10.2 Å². The van der Waals surface area contributed by atoms with E-state index in [1.54, 1.807) is 18.2 Å². The van der Waals surface area contributed by atoms with Gasteiger partial charge in [0.15, 0.2) is 0 Å². The number of anilines is 2. The Bertz CT molecular complexity index is 891. The molecule has 1 fully saturated rings. The minimum absolute atomic E-state index is 0.206. The zero-order valence-corrected chi connectivity index (χ0v) is 13.6. The predicted molar refractivity (Wildman–Crippen MR) is 94.8 cm³/mol. The predicted octanol–water partition coefficient (Wildman–Crippen LogP) is 3.99. The van der Waals surface area contributed by atoms with Gasteiger partial charge in [0.1, 0.15) is 23.8 Å². The summed E-state index contributed by atoms with van der Waals surface area (Å²) >= 11 is 0. The van der Waals surface area contributed by atoms with Gasteiger partial charge in [0, 0.05) is 24.5 Å². The van der Waals surface area contributed by atoms with Gasteiger partial charge in [-0.3, -0.25) is 0 Å². The lowest BCUT2D eigenvalue weighted by Crippen LogP contribution is -2.39. The van der Waals surface area contributed by atoms with Gasteiger partial charge >= 0.3 is 0 Å². The fraction of sp³-hybridized carbons (Fsp3) is 0.263. The van der Waals surface area contributed by atoms with Crippen LogP contribution >= 0.6 is 0 Å². The number of hydrogen-bond donors (Lipinski definition) is 1. The van der Waals surface area contributed by atoms with Crippen molar-refractivity contribution in [3.8, 4) is 0 Å². The largest absolute Gasteiger partial charge is 0.380 e. The topological polar surface area (TPSA) is 41.1 Å². The molecular weight excluding hydrogens is 322 g/mol. The van der Waals surface area contributed by atoms with Gasteiger partial charge in [-0.05, 0) is 43.2 Å². The molecule has 4 nitrogen and oxygen atoms in total. The molecule has 0 unspecified atom stereocenters. The van der Waals surface area contributed by atoms with E-state index in [9.17, 15) is 8.78 Å². The molecule has 0 saturated carbocycles. The van der Waals surface area contributed by atoms with E-state index in [4.69, 9.17) is 0 Å². The molecule has 1 aliphatic heterocycles. The molecular formula is C19H18F2N4. The Labute approximate surface area is 144 Å². The minimum Gasteiger partial charge on any atom is -0.380 e. The third kappa shape index (κ3) is 3.24. The van der Waals surface area contributed by atoms with Crippen LogP contribution in [-0.2, 0) is 0 Å². The highest BCUT2D eigenvalue weighted by atomic mass is 19.1. The third-order valence-electron chi connectivity index (χ3n) is 4.60. The Morgan fingerprint density at radius 1 is 1.00 bits per heavy atom. The van der Waals surface area contributed by atoms with Crippen molar-refractivity contribution in [2.75, 3.05) is 23.3 Å². The third-order valence-corrected chi connectivity index (χ3v) is 4.60. The van der Waals surface area contributed by atoms with Crippen molar-refractivity contribution < 1.29 is 8.78 Å². The number of fused-ring (bicyclic) bond motifs is 1. The summed E-state index contributed by atoms with van der Waals surface area (Å²) in [6, 6.07) is 11.5. The lowest BCUT2D eigenvalue weighted by Gasteiger charge is -2.34. The van der Waals surface area contributed by atoms with Crippen LogP contribution in [0.15, 0.2) is 48.8 Å². The van der Waals surface area contributed by atoms with Crippen molar-refractivity contribution in [2.45, 2.75) is 18.9 Å². The van der Waals surface area contributed by atoms with E-state index in [2.05, 4.69) is 20.2 Å². The summed E-state index contributed by atoms with van der Waals surface area (Å²) in [7, 11) is 0. The molecule has 6 heteroatoms. The molecule has 128 valence electrons. The number of nitrogens with one attached hydrogen (secondary N) is 1. The molecule has 2 aromatic carbocycles. The Hall–Kier alpha value is -2.76. The molecule has 3 aromatic rings. The van der Waals surface area contributed by atoms with Gasteiger partial charge in [-0.25, -0.2) is 18.7 Å². The highest BCUT2D eigenvalue weighted by Crippen LogP contribution is 2.27. The molecule has 2 heterocycles. The molecule has 0 atom stereocenters. The number of aromatic nitrogens is 2. The number of rotatable bonds is 3. The van der Waals surface area contributed by atoms with E-state index in [1.165, 1.54) is 24.5 Å². The molecule has 1 N–H and O–H groups in total. The van der Waals surface area contributed by atoms with Gasteiger partial charge in [-0.1, -0.05) is 12.1 Å². The summed E-state index contributed by atoms with van der Waals surface area (Å²) < 4.78 is 27.4. The summed E-state index contributed by atoms with van der Waals surface area (Å²) in [5, 5.41) is 4.00. The smallest absolute Gasteiger partial charge is 0.146 e. The Morgan fingerprint density at radius 3 is 2.60 bits per heavy atom. The van der Waals surface area contributed by atoms with Crippen LogP contribution in [0.1, 0.15) is 12.8 Å². The van der Waals surface area contributed by atoms with Crippen LogP contribution in [0.5, 0.6) is 0 Å². The fourth-order valence-corrected chi connectivity index (χ4v) is 3.30. The van der Waals surface area contributed by atoms with E-state index in [0.717, 1.165) is 42.7 Å². The molecule has 0 spiro atoms. The van der Waals surface area contributed by atoms with Crippen LogP contribution in [-0.4, -0.2) is 29.1 Å². The highest BCUT2D eigenvalue weighted by molar-refractivity contribution is 5.89. The van der Waals surface area contributed by atoms with E-state index < -0.39 is 0 Å². The first-order valence-corrected chi connectivity index (χ1v) is 8.37. The van der Waals surface area contributed by atoms with Crippen molar-refractivity contribution in [1.29, 1.82) is 0 Å². The zero-order valence-electron chi connectivity index (χ0n) is 13.6. The fourth-order valence-electron chi connectivity index (χ4n) is 3.30. The van der Waals surface area contributed by atoms with Crippen molar-refractivity contribution in [3.63, 3.8) is 0 Å². The number of nitrogens with zero attached hydrogens (tertiary/aromatic N) is 3. The zero-order chi connectivity index (χ0) is 17.2. The average Bonchev–Trinajstić information content (AvgIpc) is 2.64. The second kappa shape index (κ2) is 6.63. The summed E-state index contributed by atoms with van der Waals surface area (Å²) in [5.74, 6) is 0.232. The molecule has 0 amide bonds. The SMILES string of the molecule is Fc1ccc2ncnc(N3CCC(Nc4ccccc4F)CC3)c2c1. The van der Waals surface area contributed by atoms with E-state index >= 15 is 0 Å². The van der Waals surface area contributed by atoms with E-state index in [1.807, 2.05) is 6.07 Å². The Morgan fingerprint density at radius 2 is 1.80 bits per heavy atom. The van der Waals surface area contributed by atoms with Gasteiger partial charge in [-0.15, -0.1) is 0 Å². The normalized spacial score (nSPS) is 15.5. The number of halogens is 2. The number of para-hydroxylation sites is 1. The van der Waals surface area contributed by atoms with Crippen LogP contribution in [0.25, 0.3) is 10.9 Å². The first-order chi connectivity index (χ1) is 12.2. The molecule has 0 radical (unpaired) electrons. The standard InChI is InChI=1S/C19H18F2N4/c20-13-5-6-17-15(11-13)19(23-12-22-17)25-9-7-14(8-10-25)24-18-4-2-1-3-16(18)21/h1-6,11-12,14,24H,7-10H2. The average molecular weight is 340 g/mol. The molecule has 1 saturated heterocycles. The summed E-state index contributed by atoms with van der Waals surface area (Å²) in [5.41, 5.74) is 1.27. The summed E-state index contributed by atoms with van der Waals surface area (Å²) in [6.07, 6.45) is 3.23. The highest BCUT2D eigenvalue weighted by Gasteiger charge is 2.22. The van der Waals surface area contributed by atoms with Crippen LogP contribution in [0.2, 0.25) is 0 Å². The number of hydrogen-bond acceptors (Lipinski definition) is 4. The minimum atomic E-state index is -0.292. The van der Waals surface area contributed by atoms with Crippen molar-refractivity contribution in [1.82, 2.24) is 9.97 Å². The van der Waals surface area contributed by atoms with Crippen LogP contribution in [0.4, 0.5) is 20.3 Å². The van der Waals surface area contributed by atoms with Crippen LogP contribution in [0.3, 0.4) is 0 Å². The second-order valence-electron chi connectivity index (χ2n) is 6.24.